The van der Waals surface area contributed by atoms with Crippen molar-refractivity contribution in [3.05, 3.63) is 53.0 Å². The maximum atomic E-state index is 5.74. The topological polar surface area (TPSA) is 34.4 Å². The number of furan rings is 1. The summed E-state index contributed by atoms with van der Waals surface area (Å²) in [4.78, 5) is 0. The molecule has 0 aliphatic carbocycles. The summed E-state index contributed by atoms with van der Waals surface area (Å²) in [6.45, 7) is 2.80. The van der Waals surface area contributed by atoms with Crippen molar-refractivity contribution in [3.63, 3.8) is 0 Å². The van der Waals surface area contributed by atoms with Gasteiger partial charge in [0.15, 0.2) is 0 Å². The van der Waals surface area contributed by atoms with Crippen molar-refractivity contribution in [1.29, 1.82) is 0 Å². The Morgan fingerprint density at radius 2 is 2.11 bits per heavy atom. The summed E-state index contributed by atoms with van der Waals surface area (Å²) < 4.78 is 11.4. The molecule has 3 nitrogen and oxygen atoms in total. The monoisotopic (exact) mass is 257 g/mol. The second-order valence-corrected chi connectivity index (χ2v) is 4.99. The fourth-order valence-electron chi connectivity index (χ4n) is 2.64. The Morgan fingerprint density at radius 1 is 1.21 bits per heavy atom. The molecule has 3 heteroatoms. The molecule has 1 aliphatic heterocycles. The number of rotatable bonds is 3. The predicted molar refractivity (Wildman–Crippen MR) is 74.6 cm³/mol. The van der Waals surface area contributed by atoms with E-state index in [1.54, 1.807) is 0 Å². The van der Waals surface area contributed by atoms with E-state index in [0.29, 0.717) is 0 Å². The Balaban J connectivity index is 1.95. The quantitative estimate of drug-likeness (QED) is 0.916. The highest BCUT2D eigenvalue weighted by Crippen LogP contribution is 2.30. The number of fused-ring (bicyclic) bond motifs is 1. The van der Waals surface area contributed by atoms with Gasteiger partial charge in [-0.15, -0.1) is 0 Å². The highest BCUT2D eigenvalue weighted by molar-refractivity contribution is 5.41. The molecule has 0 amide bonds. The average Bonchev–Trinajstić information content (AvgIpc) is 2.86. The van der Waals surface area contributed by atoms with Gasteiger partial charge in [-0.3, -0.25) is 0 Å². The van der Waals surface area contributed by atoms with Gasteiger partial charge in [0.2, 0.25) is 0 Å². The summed E-state index contributed by atoms with van der Waals surface area (Å²) in [7, 11) is 1.96. The van der Waals surface area contributed by atoms with Crippen molar-refractivity contribution in [1.82, 2.24) is 5.32 Å². The zero-order chi connectivity index (χ0) is 13.2. The second kappa shape index (κ2) is 5.10. The lowest BCUT2D eigenvalue weighted by molar-refractivity contribution is 0.288. The largest absolute Gasteiger partial charge is 0.493 e. The molecule has 0 fully saturated rings. The molecule has 100 valence electrons. The molecule has 1 aromatic heterocycles. The van der Waals surface area contributed by atoms with E-state index >= 15 is 0 Å². The van der Waals surface area contributed by atoms with Crippen LogP contribution in [0.2, 0.25) is 0 Å². The van der Waals surface area contributed by atoms with E-state index < -0.39 is 0 Å². The molecule has 1 N–H and O–H groups in total. The first-order valence-corrected chi connectivity index (χ1v) is 6.77. The Labute approximate surface area is 113 Å². The molecule has 1 atom stereocenters. The van der Waals surface area contributed by atoms with Crippen LogP contribution in [0.25, 0.3) is 0 Å². The zero-order valence-electron chi connectivity index (χ0n) is 11.4. The highest BCUT2D eigenvalue weighted by Gasteiger charge is 2.18. The summed E-state index contributed by atoms with van der Waals surface area (Å²) >= 11 is 0. The first kappa shape index (κ1) is 12.3. The van der Waals surface area contributed by atoms with Crippen LogP contribution in [0.3, 0.4) is 0 Å². The summed E-state index contributed by atoms with van der Waals surface area (Å²) in [6.07, 6.45) is 2.19. The van der Waals surface area contributed by atoms with Gasteiger partial charge in [-0.2, -0.15) is 0 Å². The summed E-state index contributed by atoms with van der Waals surface area (Å²) in [5, 5.41) is 3.32. The number of ether oxygens (including phenoxy) is 1. The van der Waals surface area contributed by atoms with Crippen molar-refractivity contribution in [2.45, 2.75) is 25.8 Å². The van der Waals surface area contributed by atoms with Crippen LogP contribution in [0.5, 0.6) is 5.75 Å². The van der Waals surface area contributed by atoms with E-state index in [4.69, 9.17) is 9.15 Å². The molecule has 2 aromatic rings. The van der Waals surface area contributed by atoms with Gasteiger partial charge in [-0.05, 0) is 56.1 Å². The molecule has 1 unspecified atom stereocenters. The summed E-state index contributed by atoms with van der Waals surface area (Å²) in [5.41, 5.74) is 2.52. The molecule has 0 saturated heterocycles. The third kappa shape index (κ3) is 2.38. The van der Waals surface area contributed by atoms with Gasteiger partial charge in [-0.25, -0.2) is 0 Å². The van der Waals surface area contributed by atoms with E-state index in [2.05, 4.69) is 23.5 Å². The Kier molecular flexibility index (Phi) is 3.30. The van der Waals surface area contributed by atoms with E-state index in [0.717, 1.165) is 36.7 Å². The van der Waals surface area contributed by atoms with Crippen LogP contribution >= 0.6 is 0 Å². The number of aryl methyl sites for hydroxylation is 2. The normalized spacial score (nSPS) is 15.7. The molecule has 0 saturated carbocycles. The molecule has 2 heterocycles. The number of hydrogen-bond acceptors (Lipinski definition) is 3. The van der Waals surface area contributed by atoms with Gasteiger partial charge in [0, 0.05) is 0 Å². The minimum atomic E-state index is 0.0981. The van der Waals surface area contributed by atoms with Crippen LogP contribution in [0, 0.1) is 6.92 Å². The molecule has 0 radical (unpaired) electrons. The van der Waals surface area contributed by atoms with E-state index in [1.807, 2.05) is 26.1 Å². The van der Waals surface area contributed by atoms with Gasteiger partial charge in [0.1, 0.15) is 17.3 Å². The van der Waals surface area contributed by atoms with Crippen LogP contribution < -0.4 is 10.1 Å². The smallest absolute Gasteiger partial charge is 0.125 e. The second-order valence-electron chi connectivity index (χ2n) is 4.99. The van der Waals surface area contributed by atoms with E-state index in [-0.39, 0.29) is 6.04 Å². The molecule has 0 spiro atoms. The molecule has 3 rings (SSSR count). The zero-order valence-corrected chi connectivity index (χ0v) is 11.4. The van der Waals surface area contributed by atoms with Gasteiger partial charge >= 0.3 is 0 Å². The lowest BCUT2D eigenvalue weighted by Gasteiger charge is -2.20. The lowest BCUT2D eigenvalue weighted by Crippen LogP contribution is -2.18. The van der Waals surface area contributed by atoms with Crippen molar-refractivity contribution in [3.8, 4) is 5.75 Å². The third-order valence-electron chi connectivity index (χ3n) is 3.60. The minimum Gasteiger partial charge on any atom is -0.493 e. The van der Waals surface area contributed by atoms with Gasteiger partial charge in [0.25, 0.3) is 0 Å². The maximum Gasteiger partial charge on any atom is 0.125 e. The van der Waals surface area contributed by atoms with Crippen molar-refractivity contribution < 1.29 is 9.15 Å². The Morgan fingerprint density at radius 3 is 2.84 bits per heavy atom. The first-order chi connectivity index (χ1) is 9.28. The van der Waals surface area contributed by atoms with Crippen molar-refractivity contribution in [2.24, 2.45) is 0 Å². The van der Waals surface area contributed by atoms with E-state index in [1.165, 1.54) is 11.1 Å². The predicted octanol–water partition coefficient (Wildman–Crippen LogP) is 3.22. The van der Waals surface area contributed by atoms with Crippen LogP contribution in [0.4, 0.5) is 0 Å². The van der Waals surface area contributed by atoms with Crippen LogP contribution in [-0.2, 0) is 6.42 Å². The SMILES string of the molecule is CNC(c1ccc2c(c1)CCCO2)c1ccc(C)o1. The first-order valence-electron chi connectivity index (χ1n) is 6.77. The maximum absolute atomic E-state index is 5.74. The van der Waals surface area contributed by atoms with Crippen molar-refractivity contribution >= 4 is 0 Å². The van der Waals surface area contributed by atoms with Crippen LogP contribution in [-0.4, -0.2) is 13.7 Å². The Bertz CT molecular complexity index is 574. The lowest BCUT2D eigenvalue weighted by atomic mass is 9.98. The van der Waals surface area contributed by atoms with Gasteiger partial charge in [0.05, 0.1) is 12.6 Å². The molecule has 19 heavy (non-hydrogen) atoms. The van der Waals surface area contributed by atoms with Gasteiger partial charge < -0.3 is 14.5 Å². The fraction of sp³-hybridized carbons (Fsp3) is 0.375. The molecular weight excluding hydrogens is 238 g/mol. The highest BCUT2D eigenvalue weighted by atomic mass is 16.5. The number of nitrogens with one attached hydrogen (secondary N) is 1. The molecule has 0 bridgehead atoms. The molecule has 1 aliphatic rings. The standard InChI is InChI=1S/C16H19NO2/c1-11-5-7-15(19-11)16(17-2)13-6-8-14-12(10-13)4-3-9-18-14/h5-8,10,16-17H,3-4,9H2,1-2H3. The summed E-state index contributed by atoms with van der Waals surface area (Å²) in [6, 6.07) is 10.6. The van der Waals surface area contributed by atoms with Crippen LogP contribution in [0.15, 0.2) is 34.7 Å². The third-order valence-corrected chi connectivity index (χ3v) is 3.60. The minimum absolute atomic E-state index is 0.0981. The van der Waals surface area contributed by atoms with E-state index in [9.17, 15) is 0 Å². The van der Waals surface area contributed by atoms with Crippen molar-refractivity contribution in [2.75, 3.05) is 13.7 Å². The number of benzene rings is 1. The summed E-state index contributed by atoms with van der Waals surface area (Å²) in [5.74, 6) is 2.92. The Hall–Kier alpha value is -1.74. The number of hydrogen-bond donors (Lipinski definition) is 1. The molecule has 1 aromatic carbocycles. The molecular formula is C16H19NO2. The fourth-order valence-corrected chi connectivity index (χ4v) is 2.64. The van der Waals surface area contributed by atoms with Gasteiger partial charge in [-0.1, -0.05) is 12.1 Å². The average molecular weight is 257 g/mol. The van der Waals surface area contributed by atoms with Crippen LogP contribution in [0.1, 0.15) is 35.1 Å².